The number of carbonyl (C=O) groups excluding carboxylic acids is 1. The Morgan fingerprint density at radius 3 is 2.85 bits per heavy atom. The van der Waals surface area contributed by atoms with E-state index in [1.165, 1.54) is 16.9 Å². The highest BCUT2D eigenvalue weighted by atomic mass is 79.9. The highest BCUT2D eigenvalue weighted by Crippen LogP contribution is 2.30. The number of nitrogens with one attached hydrogen (secondary N) is 1. The van der Waals surface area contributed by atoms with E-state index in [1.807, 2.05) is 32.0 Å². The van der Waals surface area contributed by atoms with E-state index in [1.54, 1.807) is 6.92 Å². The molecule has 0 saturated carbocycles. The van der Waals surface area contributed by atoms with Crippen LogP contribution in [-0.2, 0) is 4.74 Å². The second kappa shape index (κ2) is 6.37. The summed E-state index contributed by atoms with van der Waals surface area (Å²) in [7, 11) is 0. The van der Waals surface area contributed by atoms with Crippen molar-refractivity contribution in [2.24, 2.45) is 0 Å². The van der Waals surface area contributed by atoms with Gasteiger partial charge < -0.3 is 10.1 Å². The van der Waals surface area contributed by atoms with Gasteiger partial charge in [-0.15, -0.1) is 11.3 Å². The summed E-state index contributed by atoms with van der Waals surface area (Å²) in [6.45, 7) is 6.02. The van der Waals surface area contributed by atoms with Crippen molar-refractivity contribution in [3.05, 3.63) is 38.8 Å². The van der Waals surface area contributed by atoms with Crippen LogP contribution in [0, 0.1) is 13.8 Å². The van der Waals surface area contributed by atoms with Crippen molar-refractivity contribution >= 4 is 44.1 Å². The number of thiazole rings is 1. The second-order valence-corrected chi connectivity index (χ2v) is 6.31. The van der Waals surface area contributed by atoms with Crippen molar-refractivity contribution in [1.82, 2.24) is 4.98 Å². The summed E-state index contributed by atoms with van der Waals surface area (Å²) in [6.07, 6.45) is 0. The Bertz CT molecular complexity index is 640. The highest BCUT2D eigenvalue weighted by Gasteiger charge is 2.16. The minimum Gasteiger partial charge on any atom is -0.461 e. The zero-order valence-electron chi connectivity index (χ0n) is 11.5. The minimum atomic E-state index is -0.378. The maximum Gasteiger partial charge on any atom is 0.358 e. The molecule has 2 rings (SSSR count). The normalized spacial score (nSPS) is 10.4. The molecule has 0 fully saturated rings. The van der Waals surface area contributed by atoms with E-state index < -0.39 is 0 Å². The van der Waals surface area contributed by atoms with Crippen molar-refractivity contribution in [3.8, 4) is 0 Å². The van der Waals surface area contributed by atoms with Crippen LogP contribution in [0.4, 0.5) is 10.8 Å². The van der Waals surface area contributed by atoms with Gasteiger partial charge in [0.05, 0.1) is 12.3 Å². The molecule has 0 bridgehead atoms. The van der Waals surface area contributed by atoms with Gasteiger partial charge in [0.1, 0.15) is 0 Å². The lowest BCUT2D eigenvalue weighted by Crippen LogP contribution is -2.06. The second-order valence-electron chi connectivity index (χ2n) is 4.25. The zero-order chi connectivity index (χ0) is 14.7. The number of ether oxygens (including phenoxy) is 1. The lowest BCUT2D eigenvalue weighted by Gasteiger charge is -2.05. The Labute approximate surface area is 130 Å². The Balaban J connectivity index is 2.22. The van der Waals surface area contributed by atoms with E-state index >= 15 is 0 Å². The summed E-state index contributed by atoms with van der Waals surface area (Å²) < 4.78 is 5.94. The fraction of sp³-hybridized carbons (Fsp3) is 0.286. The molecular formula is C14H15BrN2O2S. The van der Waals surface area contributed by atoms with Crippen LogP contribution in [0.15, 0.2) is 22.7 Å². The van der Waals surface area contributed by atoms with Crippen LogP contribution >= 0.6 is 27.3 Å². The number of rotatable bonds is 4. The molecule has 0 saturated heterocycles. The molecule has 2 aromatic rings. The van der Waals surface area contributed by atoms with Crippen molar-refractivity contribution in [3.63, 3.8) is 0 Å². The Morgan fingerprint density at radius 2 is 2.20 bits per heavy atom. The molecular weight excluding hydrogens is 340 g/mol. The molecule has 0 aliphatic rings. The first-order valence-electron chi connectivity index (χ1n) is 6.19. The molecule has 0 aliphatic heterocycles. The van der Waals surface area contributed by atoms with Crippen LogP contribution in [0.1, 0.15) is 27.9 Å². The van der Waals surface area contributed by atoms with Gasteiger partial charge in [0.25, 0.3) is 0 Å². The van der Waals surface area contributed by atoms with Gasteiger partial charge in [0.15, 0.2) is 10.8 Å². The molecule has 106 valence electrons. The van der Waals surface area contributed by atoms with Gasteiger partial charge in [-0.3, -0.25) is 0 Å². The predicted octanol–water partition coefficient (Wildman–Crippen LogP) is 4.44. The number of nitrogens with zero attached hydrogens (tertiary/aromatic N) is 1. The third-order valence-electron chi connectivity index (χ3n) is 2.63. The number of anilines is 2. The summed E-state index contributed by atoms with van der Waals surface area (Å²) in [5.74, 6) is -0.378. The molecule has 4 nitrogen and oxygen atoms in total. The van der Waals surface area contributed by atoms with Gasteiger partial charge in [-0.2, -0.15) is 0 Å². The Hall–Kier alpha value is -1.40. The minimum absolute atomic E-state index is 0.349. The van der Waals surface area contributed by atoms with Crippen LogP contribution in [0.5, 0.6) is 0 Å². The van der Waals surface area contributed by atoms with E-state index in [-0.39, 0.29) is 5.97 Å². The third-order valence-corrected chi connectivity index (χ3v) is 4.17. The van der Waals surface area contributed by atoms with Crippen molar-refractivity contribution in [2.45, 2.75) is 20.8 Å². The van der Waals surface area contributed by atoms with Crippen LogP contribution < -0.4 is 5.32 Å². The van der Waals surface area contributed by atoms with Crippen molar-refractivity contribution < 1.29 is 9.53 Å². The average Bonchev–Trinajstić information content (AvgIpc) is 2.74. The molecule has 0 radical (unpaired) electrons. The predicted molar refractivity (Wildman–Crippen MR) is 85.0 cm³/mol. The van der Waals surface area contributed by atoms with E-state index in [4.69, 9.17) is 4.74 Å². The molecule has 0 atom stereocenters. The van der Waals surface area contributed by atoms with E-state index in [0.717, 1.165) is 15.0 Å². The lowest BCUT2D eigenvalue weighted by molar-refractivity contribution is 0.0519. The summed E-state index contributed by atoms with van der Waals surface area (Å²) in [4.78, 5) is 16.9. The van der Waals surface area contributed by atoms with Gasteiger partial charge in [0.2, 0.25) is 0 Å². The third kappa shape index (κ3) is 3.37. The SMILES string of the molecule is CCOC(=O)c1nc(Nc2ccc(C)cc2Br)sc1C. The maximum atomic E-state index is 11.7. The number of aromatic nitrogens is 1. The molecule has 6 heteroatoms. The van der Waals surface area contributed by atoms with Crippen molar-refractivity contribution in [1.29, 1.82) is 0 Å². The monoisotopic (exact) mass is 354 g/mol. The molecule has 0 unspecified atom stereocenters. The molecule has 1 aromatic heterocycles. The number of aryl methyl sites for hydroxylation is 2. The summed E-state index contributed by atoms with van der Waals surface area (Å²) in [5.41, 5.74) is 2.47. The smallest absolute Gasteiger partial charge is 0.358 e. The quantitative estimate of drug-likeness (QED) is 0.824. The van der Waals surface area contributed by atoms with Crippen LogP contribution in [-0.4, -0.2) is 17.6 Å². The molecule has 1 heterocycles. The molecule has 20 heavy (non-hydrogen) atoms. The maximum absolute atomic E-state index is 11.7. The Morgan fingerprint density at radius 1 is 1.45 bits per heavy atom. The van der Waals surface area contributed by atoms with Crippen LogP contribution in [0.3, 0.4) is 0 Å². The van der Waals surface area contributed by atoms with E-state index in [9.17, 15) is 4.79 Å². The standard InChI is InChI=1S/C14H15BrN2O2S/c1-4-19-13(18)12-9(3)20-14(17-12)16-11-6-5-8(2)7-10(11)15/h5-7H,4H2,1-3H3,(H,16,17). The summed E-state index contributed by atoms with van der Waals surface area (Å²) >= 11 is 4.94. The fourth-order valence-corrected chi connectivity index (χ4v) is 3.08. The van der Waals surface area contributed by atoms with Gasteiger partial charge in [0, 0.05) is 9.35 Å². The Kier molecular flexibility index (Phi) is 4.77. The van der Waals surface area contributed by atoms with Gasteiger partial charge in [-0.25, -0.2) is 9.78 Å². The van der Waals surface area contributed by atoms with Gasteiger partial charge in [-0.05, 0) is 54.4 Å². The molecule has 1 N–H and O–H groups in total. The number of hydrogen-bond acceptors (Lipinski definition) is 5. The number of esters is 1. The van der Waals surface area contributed by atoms with Crippen molar-refractivity contribution in [2.75, 3.05) is 11.9 Å². The number of halogens is 1. The largest absolute Gasteiger partial charge is 0.461 e. The van der Waals surface area contributed by atoms with E-state index in [2.05, 4.69) is 26.2 Å². The number of benzene rings is 1. The zero-order valence-corrected chi connectivity index (χ0v) is 13.9. The van der Waals surface area contributed by atoms with E-state index in [0.29, 0.717) is 17.4 Å². The van der Waals surface area contributed by atoms with Crippen LogP contribution in [0.25, 0.3) is 0 Å². The molecule has 0 aliphatic carbocycles. The van der Waals surface area contributed by atoms with Crippen LogP contribution in [0.2, 0.25) is 0 Å². The first-order valence-corrected chi connectivity index (χ1v) is 7.80. The summed E-state index contributed by atoms with van der Waals surface area (Å²) in [6, 6.07) is 6.01. The average molecular weight is 355 g/mol. The first-order chi connectivity index (χ1) is 9.51. The number of hydrogen-bond donors (Lipinski definition) is 1. The number of carbonyl (C=O) groups is 1. The lowest BCUT2D eigenvalue weighted by atomic mass is 10.2. The fourth-order valence-electron chi connectivity index (χ4n) is 1.68. The summed E-state index contributed by atoms with van der Waals surface area (Å²) in [5, 5.41) is 3.89. The first kappa shape index (κ1) is 15.0. The van der Waals surface area contributed by atoms with Gasteiger partial charge >= 0.3 is 5.97 Å². The molecule has 1 aromatic carbocycles. The topological polar surface area (TPSA) is 51.2 Å². The molecule has 0 spiro atoms. The molecule has 0 amide bonds. The highest BCUT2D eigenvalue weighted by molar-refractivity contribution is 9.10. The van der Waals surface area contributed by atoms with Gasteiger partial charge in [-0.1, -0.05) is 6.07 Å².